The summed E-state index contributed by atoms with van der Waals surface area (Å²) in [5.74, 6) is -2.12. The maximum Gasteiger partial charge on any atom is 0.343 e. The van der Waals surface area contributed by atoms with Crippen LogP contribution in [-0.2, 0) is 49.1 Å². The van der Waals surface area contributed by atoms with E-state index in [1.54, 1.807) is 48.7 Å². The first-order chi connectivity index (χ1) is 40.3. The van der Waals surface area contributed by atoms with Gasteiger partial charge in [0, 0.05) is 18.2 Å². The number of allylic oxidation sites excluding steroid dienone is 1. The number of esters is 2. The molecule has 0 atom stereocenters. The molecule has 10 rings (SSSR count). The average molecular weight is 1090 g/mol. The van der Waals surface area contributed by atoms with E-state index in [0.717, 1.165) is 33.4 Å². The molecule has 0 fully saturated rings. The zero-order chi connectivity index (χ0) is 56.3. The highest BCUT2D eigenvalue weighted by molar-refractivity contribution is 6.19. The number of hydrogen-bond donors (Lipinski definition) is 0. The molecule has 0 saturated heterocycles. The van der Waals surface area contributed by atoms with Crippen molar-refractivity contribution in [1.29, 1.82) is 0 Å². The quantitative estimate of drug-likeness (QED) is 0.0449. The molecular weight excluding hydrogens is 1030 g/mol. The van der Waals surface area contributed by atoms with Crippen LogP contribution < -0.4 is 18.9 Å². The molecule has 0 radical (unpaired) electrons. The van der Waals surface area contributed by atoms with Gasteiger partial charge in [0.25, 0.3) is 5.91 Å². The third-order valence-corrected chi connectivity index (χ3v) is 13.2. The number of carbonyl (C=O) groups excluding carboxylic acids is 4. The summed E-state index contributed by atoms with van der Waals surface area (Å²) in [7, 11) is 0. The van der Waals surface area contributed by atoms with Crippen molar-refractivity contribution in [3.63, 3.8) is 0 Å². The Labute approximate surface area is 475 Å². The molecule has 0 spiro atoms. The second-order valence-electron chi connectivity index (χ2n) is 19.0. The second-order valence-corrected chi connectivity index (χ2v) is 19.0. The van der Waals surface area contributed by atoms with Crippen LogP contribution in [0.5, 0.6) is 23.0 Å². The smallest absolute Gasteiger partial charge is 0.343 e. The van der Waals surface area contributed by atoms with Crippen LogP contribution in [0.15, 0.2) is 265 Å². The lowest BCUT2D eigenvalue weighted by molar-refractivity contribution is 0.0468. The lowest BCUT2D eigenvalue weighted by Crippen LogP contribution is -2.31. The highest BCUT2D eigenvalue weighted by Crippen LogP contribution is 2.39. The van der Waals surface area contributed by atoms with Gasteiger partial charge >= 0.3 is 11.9 Å². The van der Waals surface area contributed by atoms with E-state index in [2.05, 4.69) is 4.99 Å². The van der Waals surface area contributed by atoms with Gasteiger partial charge in [-0.25, -0.2) is 9.59 Å². The molecule has 12 nitrogen and oxygen atoms in total. The van der Waals surface area contributed by atoms with E-state index in [-0.39, 0.29) is 90.4 Å². The van der Waals surface area contributed by atoms with Gasteiger partial charge in [0.1, 0.15) is 67.3 Å². The van der Waals surface area contributed by atoms with Crippen molar-refractivity contribution < 1.29 is 47.6 Å². The van der Waals surface area contributed by atoms with Gasteiger partial charge in [-0.15, -0.1) is 0 Å². The van der Waals surface area contributed by atoms with Crippen LogP contribution in [0.3, 0.4) is 0 Å². The number of aliphatic imine (C=N–C) groups is 1. The van der Waals surface area contributed by atoms with Gasteiger partial charge in [-0.1, -0.05) is 188 Å². The first-order valence-electron chi connectivity index (χ1n) is 26.7. The minimum atomic E-state index is -0.865. The minimum absolute atomic E-state index is 0.0397. The van der Waals surface area contributed by atoms with Gasteiger partial charge in [-0.05, 0) is 88.0 Å². The predicted molar refractivity (Wildman–Crippen MR) is 312 cm³/mol. The summed E-state index contributed by atoms with van der Waals surface area (Å²) in [4.78, 5) is 66.2. The summed E-state index contributed by atoms with van der Waals surface area (Å²) < 4.78 is 37.9. The fraction of sp³-hybridized carbons (Fsp3) is 0.100. The summed E-state index contributed by atoms with van der Waals surface area (Å²) in [5, 5.41) is 0. The first-order valence-corrected chi connectivity index (χ1v) is 26.7. The fourth-order valence-electron chi connectivity index (χ4n) is 8.94. The standard InChI is InChI=1S/C70H56N2O10/c73-67(65-59(70(76)81-49-55-31-17-6-18-32-55)33-19-34-62(65)78-46-52-25-11-3-12-26-52)66-63(79-47-53-27-13-4-14-28-53)41-57(42-64(66)80-48-54-29-15-5-16-30-54)69(75)82-61-35-20-40-71-43-60(61)72(44-50-21-7-1-8-22-50)68(74)56-36-38-58(39-37-56)77-45-51-23-9-2-10-24-51/h1-19,21-43H,20,44-49H2. The maximum atomic E-state index is 15.9. The molecule has 82 heavy (non-hydrogen) atoms. The monoisotopic (exact) mass is 1080 g/mol. The van der Waals surface area contributed by atoms with E-state index < -0.39 is 23.6 Å². The Morgan fingerprint density at radius 1 is 0.427 bits per heavy atom. The van der Waals surface area contributed by atoms with Crippen LogP contribution in [0, 0.1) is 0 Å². The van der Waals surface area contributed by atoms with E-state index in [1.807, 2.05) is 182 Å². The fourth-order valence-corrected chi connectivity index (χ4v) is 8.94. The third kappa shape index (κ3) is 14.4. The van der Waals surface area contributed by atoms with E-state index in [9.17, 15) is 9.59 Å². The number of hydrogen-bond acceptors (Lipinski definition) is 11. The summed E-state index contributed by atoms with van der Waals surface area (Å²) in [6.07, 6.45) is 5.07. The van der Waals surface area contributed by atoms with Crippen molar-refractivity contribution in [3.05, 3.63) is 322 Å². The van der Waals surface area contributed by atoms with Crippen molar-refractivity contribution in [3.8, 4) is 23.0 Å². The van der Waals surface area contributed by atoms with Gasteiger partial charge < -0.3 is 28.4 Å². The minimum Gasteiger partial charge on any atom is -0.489 e. The summed E-state index contributed by atoms with van der Waals surface area (Å²) in [6.45, 7) is 0.358. The molecule has 9 aromatic carbocycles. The predicted octanol–water partition coefficient (Wildman–Crippen LogP) is 14.3. The van der Waals surface area contributed by atoms with Crippen molar-refractivity contribution in [2.45, 2.75) is 46.0 Å². The van der Waals surface area contributed by atoms with Crippen LogP contribution in [0.25, 0.3) is 0 Å². The van der Waals surface area contributed by atoms with Crippen LogP contribution in [0.4, 0.5) is 0 Å². The zero-order valence-electron chi connectivity index (χ0n) is 44.7. The molecule has 0 bridgehead atoms. The van der Waals surface area contributed by atoms with Gasteiger partial charge in [-0.2, -0.15) is 0 Å². The van der Waals surface area contributed by atoms with Crippen LogP contribution >= 0.6 is 0 Å². The SMILES string of the molecule is O=C(OC1=CCC=NC=C1N(Cc1ccccc1)C(=O)c1ccc(OCc2ccccc2)cc1)c1cc(OCc2ccccc2)c(C(=O)c2c(OCc3ccccc3)cccc2C(=O)OCc2ccccc2)c(OCc2ccccc2)c1. The lowest BCUT2D eigenvalue weighted by atomic mass is 9.94. The molecule has 0 saturated carbocycles. The lowest BCUT2D eigenvalue weighted by Gasteiger charge is -2.26. The third-order valence-electron chi connectivity index (χ3n) is 13.2. The Morgan fingerprint density at radius 3 is 1.40 bits per heavy atom. The number of amides is 1. The summed E-state index contributed by atoms with van der Waals surface area (Å²) in [6, 6.07) is 71.0. The number of benzene rings is 9. The normalized spacial score (nSPS) is 11.7. The van der Waals surface area contributed by atoms with Crippen molar-refractivity contribution in [2.75, 3.05) is 0 Å². The molecule has 0 N–H and O–H groups in total. The maximum absolute atomic E-state index is 15.9. The van der Waals surface area contributed by atoms with E-state index in [4.69, 9.17) is 28.4 Å². The van der Waals surface area contributed by atoms with E-state index >= 15 is 9.59 Å². The van der Waals surface area contributed by atoms with Gasteiger partial charge in [0.05, 0.1) is 29.4 Å². The van der Waals surface area contributed by atoms with Crippen molar-refractivity contribution in [2.24, 2.45) is 4.99 Å². The van der Waals surface area contributed by atoms with Crippen molar-refractivity contribution in [1.82, 2.24) is 4.90 Å². The molecule has 0 aliphatic carbocycles. The average Bonchev–Trinajstić information content (AvgIpc) is 3.88. The number of ketones is 1. The highest BCUT2D eigenvalue weighted by Gasteiger charge is 2.32. The van der Waals surface area contributed by atoms with Gasteiger partial charge in [0.2, 0.25) is 5.78 Å². The summed E-state index contributed by atoms with van der Waals surface area (Å²) in [5.41, 5.74) is 5.11. The highest BCUT2D eigenvalue weighted by atomic mass is 16.5. The largest absolute Gasteiger partial charge is 0.489 e. The van der Waals surface area contributed by atoms with E-state index in [1.165, 1.54) is 29.3 Å². The molecule has 1 heterocycles. The Kier molecular flexibility index (Phi) is 18.2. The topological polar surface area (TPSA) is 139 Å². The van der Waals surface area contributed by atoms with Crippen LogP contribution in [-0.4, -0.2) is 34.7 Å². The molecule has 9 aromatic rings. The molecule has 0 aromatic heterocycles. The molecule has 1 aliphatic rings. The molecule has 1 aliphatic heterocycles. The molecule has 12 heteroatoms. The number of nitrogens with zero attached hydrogens (tertiary/aromatic N) is 2. The molecular formula is C70H56N2O10. The number of carbonyl (C=O) groups is 4. The second kappa shape index (κ2) is 27.3. The van der Waals surface area contributed by atoms with Crippen LogP contribution in [0.1, 0.15) is 86.8 Å². The summed E-state index contributed by atoms with van der Waals surface area (Å²) >= 11 is 0. The zero-order valence-corrected chi connectivity index (χ0v) is 44.7. The van der Waals surface area contributed by atoms with Gasteiger partial charge in [-0.3, -0.25) is 19.5 Å². The molecule has 0 unspecified atom stereocenters. The molecule has 1 amide bonds. The molecule has 406 valence electrons. The number of ether oxygens (including phenoxy) is 6. The Balaban J connectivity index is 1.03. The number of rotatable bonds is 23. The Morgan fingerprint density at radius 2 is 0.890 bits per heavy atom. The van der Waals surface area contributed by atoms with Crippen molar-refractivity contribution >= 4 is 29.8 Å². The first kappa shape index (κ1) is 54.8. The Hall–Kier alpha value is -10.6. The van der Waals surface area contributed by atoms with Gasteiger partial charge in [0.15, 0.2) is 5.76 Å². The van der Waals surface area contributed by atoms with E-state index in [0.29, 0.717) is 17.9 Å². The van der Waals surface area contributed by atoms with Crippen LogP contribution in [0.2, 0.25) is 0 Å². The Bertz CT molecular complexity index is 3660.